The van der Waals surface area contributed by atoms with Crippen LogP contribution in [0.5, 0.6) is 0 Å². The normalized spacial score (nSPS) is 9.75. The molecule has 0 aliphatic carbocycles. The molecule has 3 heteroatoms. The third-order valence-corrected chi connectivity index (χ3v) is 1.47. The molecular formula is C9H17NO2. The molecule has 0 heterocycles. The van der Waals surface area contributed by atoms with Crippen LogP contribution in [0.3, 0.4) is 0 Å². The average molecular weight is 171 g/mol. The van der Waals surface area contributed by atoms with E-state index in [0.717, 1.165) is 25.1 Å². The molecule has 0 atom stereocenters. The van der Waals surface area contributed by atoms with Gasteiger partial charge in [0.1, 0.15) is 0 Å². The molecule has 0 aliphatic heterocycles. The highest BCUT2D eigenvalue weighted by Gasteiger charge is 1.94. The number of carbonyl (C=O) groups is 1. The van der Waals surface area contributed by atoms with Crippen molar-refractivity contribution in [3.05, 3.63) is 12.2 Å². The van der Waals surface area contributed by atoms with Gasteiger partial charge in [0.05, 0.1) is 0 Å². The maximum atomic E-state index is 10.1. The Morgan fingerprint density at radius 3 is 2.58 bits per heavy atom. The lowest BCUT2D eigenvalue weighted by Crippen LogP contribution is -2.17. The Labute approximate surface area is 73.5 Å². The number of hydrogen-bond acceptors (Lipinski definition) is 2. The predicted octanol–water partition coefficient (Wildman–Crippen LogP) is 1.41. The molecule has 0 aliphatic rings. The smallest absolute Gasteiger partial charge is 0.303 e. The Hall–Kier alpha value is -0.830. The fourth-order valence-electron chi connectivity index (χ4n) is 0.791. The molecule has 3 nitrogen and oxygen atoms in total. The highest BCUT2D eigenvalue weighted by Crippen LogP contribution is 1.92. The number of carboxylic acid groups (broad SMARTS) is 1. The van der Waals surface area contributed by atoms with Gasteiger partial charge in [-0.15, -0.1) is 6.58 Å². The van der Waals surface area contributed by atoms with Crippen LogP contribution < -0.4 is 5.32 Å². The monoisotopic (exact) mass is 171 g/mol. The first-order valence-electron chi connectivity index (χ1n) is 4.20. The Bertz CT molecular complexity index is 137. The number of aliphatic carboxylic acids is 1. The second-order valence-electron chi connectivity index (χ2n) is 2.95. The van der Waals surface area contributed by atoms with Crippen molar-refractivity contribution in [2.24, 2.45) is 0 Å². The molecule has 0 aromatic rings. The van der Waals surface area contributed by atoms with Crippen molar-refractivity contribution >= 4 is 5.97 Å². The molecule has 0 spiro atoms. The van der Waals surface area contributed by atoms with E-state index >= 15 is 0 Å². The summed E-state index contributed by atoms with van der Waals surface area (Å²) < 4.78 is 0. The molecule has 0 saturated carbocycles. The molecule has 0 radical (unpaired) electrons. The third-order valence-electron chi connectivity index (χ3n) is 1.47. The highest BCUT2D eigenvalue weighted by molar-refractivity contribution is 5.66. The van der Waals surface area contributed by atoms with E-state index in [1.165, 1.54) is 0 Å². The minimum atomic E-state index is -0.725. The van der Waals surface area contributed by atoms with E-state index in [9.17, 15) is 4.79 Å². The van der Waals surface area contributed by atoms with Gasteiger partial charge in [0.15, 0.2) is 0 Å². The highest BCUT2D eigenvalue weighted by atomic mass is 16.4. The molecule has 0 rings (SSSR count). The lowest BCUT2D eigenvalue weighted by Gasteiger charge is -2.02. The molecule has 0 aromatic heterocycles. The Kier molecular flexibility index (Phi) is 6.38. The summed E-state index contributed by atoms with van der Waals surface area (Å²) in [5.41, 5.74) is 1.15. The van der Waals surface area contributed by atoms with Gasteiger partial charge in [-0.1, -0.05) is 5.57 Å². The summed E-state index contributed by atoms with van der Waals surface area (Å²) >= 11 is 0. The minimum Gasteiger partial charge on any atom is -0.481 e. The van der Waals surface area contributed by atoms with Crippen molar-refractivity contribution in [2.75, 3.05) is 13.1 Å². The lowest BCUT2D eigenvalue weighted by atomic mass is 10.2. The van der Waals surface area contributed by atoms with Crippen LogP contribution in [0.25, 0.3) is 0 Å². The van der Waals surface area contributed by atoms with Crippen molar-refractivity contribution in [3.63, 3.8) is 0 Å². The van der Waals surface area contributed by atoms with E-state index < -0.39 is 5.97 Å². The zero-order valence-corrected chi connectivity index (χ0v) is 7.60. The summed E-state index contributed by atoms with van der Waals surface area (Å²) in [6, 6.07) is 0. The standard InChI is InChI=1S/C9H17NO2/c1-8(2)5-7-10-6-3-4-9(11)12/h10H,1,3-7H2,2H3,(H,11,12). The number of carboxylic acids is 1. The molecule has 2 N–H and O–H groups in total. The molecular weight excluding hydrogens is 154 g/mol. The van der Waals surface area contributed by atoms with E-state index in [0.29, 0.717) is 6.42 Å². The molecule has 0 fully saturated rings. The molecule has 70 valence electrons. The van der Waals surface area contributed by atoms with Crippen molar-refractivity contribution in [2.45, 2.75) is 26.2 Å². The van der Waals surface area contributed by atoms with Crippen molar-refractivity contribution in [1.29, 1.82) is 0 Å². The molecule has 12 heavy (non-hydrogen) atoms. The van der Waals surface area contributed by atoms with Crippen molar-refractivity contribution in [1.82, 2.24) is 5.32 Å². The summed E-state index contributed by atoms with van der Waals surface area (Å²) in [7, 11) is 0. The van der Waals surface area contributed by atoms with Gasteiger partial charge in [-0.3, -0.25) is 4.79 Å². The summed E-state index contributed by atoms with van der Waals surface area (Å²) in [5.74, 6) is -0.725. The largest absolute Gasteiger partial charge is 0.481 e. The van der Waals surface area contributed by atoms with Crippen LogP contribution in [0.1, 0.15) is 26.2 Å². The maximum Gasteiger partial charge on any atom is 0.303 e. The van der Waals surface area contributed by atoms with Gasteiger partial charge in [-0.05, 0) is 32.9 Å². The zero-order chi connectivity index (χ0) is 9.40. The van der Waals surface area contributed by atoms with Crippen molar-refractivity contribution < 1.29 is 9.90 Å². The second kappa shape index (κ2) is 6.85. The zero-order valence-electron chi connectivity index (χ0n) is 7.60. The van der Waals surface area contributed by atoms with Crippen LogP contribution in [0.2, 0.25) is 0 Å². The van der Waals surface area contributed by atoms with Gasteiger partial charge in [0, 0.05) is 6.42 Å². The topological polar surface area (TPSA) is 49.3 Å². The average Bonchev–Trinajstić information content (AvgIpc) is 1.95. The van der Waals surface area contributed by atoms with Crippen LogP contribution in [0.4, 0.5) is 0 Å². The van der Waals surface area contributed by atoms with Crippen LogP contribution >= 0.6 is 0 Å². The Morgan fingerprint density at radius 1 is 1.42 bits per heavy atom. The fraction of sp³-hybridized carbons (Fsp3) is 0.667. The quantitative estimate of drug-likeness (QED) is 0.449. The Balaban J connectivity index is 3.01. The van der Waals surface area contributed by atoms with Gasteiger partial charge in [0.2, 0.25) is 0 Å². The molecule has 0 amide bonds. The number of hydrogen-bond donors (Lipinski definition) is 2. The third kappa shape index (κ3) is 9.17. The summed E-state index contributed by atoms with van der Waals surface area (Å²) in [6.07, 6.45) is 1.92. The predicted molar refractivity (Wildman–Crippen MR) is 49.2 cm³/mol. The van der Waals surface area contributed by atoms with Gasteiger partial charge < -0.3 is 10.4 Å². The first-order chi connectivity index (χ1) is 5.63. The summed E-state index contributed by atoms with van der Waals surface area (Å²) in [6.45, 7) is 7.43. The van der Waals surface area contributed by atoms with Gasteiger partial charge in [-0.25, -0.2) is 0 Å². The van der Waals surface area contributed by atoms with Gasteiger partial charge in [-0.2, -0.15) is 0 Å². The second-order valence-corrected chi connectivity index (χ2v) is 2.95. The summed E-state index contributed by atoms with van der Waals surface area (Å²) in [5, 5.41) is 11.5. The molecule has 0 unspecified atom stereocenters. The van der Waals surface area contributed by atoms with E-state index in [1.807, 2.05) is 6.92 Å². The lowest BCUT2D eigenvalue weighted by molar-refractivity contribution is -0.137. The van der Waals surface area contributed by atoms with E-state index in [4.69, 9.17) is 5.11 Å². The van der Waals surface area contributed by atoms with Gasteiger partial charge in [0.25, 0.3) is 0 Å². The first-order valence-corrected chi connectivity index (χ1v) is 4.20. The van der Waals surface area contributed by atoms with Gasteiger partial charge >= 0.3 is 5.97 Å². The fourth-order valence-corrected chi connectivity index (χ4v) is 0.791. The molecule has 0 saturated heterocycles. The summed E-state index contributed by atoms with van der Waals surface area (Å²) in [4.78, 5) is 10.1. The van der Waals surface area contributed by atoms with E-state index in [-0.39, 0.29) is 6.42 Å². The number of rotatable bonds is 7. The van der Waals surface area contributed by atoms with Crippen LogP contribution in [-0.2, 0) is 4.79 Å². The van der Waals surface area contributed by atoms with Crippen molar-refractivity contribution in [3.8, 4) is 0 Å². The number of nitrogens with one attached hydrogen (secondary N) is 1. The van der Waals surface area contributed by atoms with E-state index in [1.54, 1.807) is 0 Å². The Morgan fingerprint density at radius 2 is 2.08 bits per heavy atom. The first kappa shape index (κ1) is 11.2. The maximum absolute atomic E-state index is 10.1. The van der Waals surface area contributed by atoms with Crippen LogP contribution in [-0.4, -0.2) is 24.2 Å². The van der Waals surface area contributed by atoms with Crippen LogP contribution in [0.15, 0.2) is 12.2 Å². The SMILES string of the molecule is C=C(C)CCNCCCC(=O)O. The van der Waals surface area contributed by atoms with E-state index in [2.05, 4.69) is 11.9 Å². The molecule has 0 bridgehead atoms. The minimum absolute atomic E-state index is 0.250. The molecule has 0 aromatic carbocycles. The van der Waals surface area contributed by atoms with Crippen LogP contribution in [0, 0.1) is 0 Å².